The summed E-state index contributed by atoms with van der Waals surface area (Å²) in [5.41, 5.74) is 1.53. The van der Waals surface area contributed by atoms with Gasteiger partial charge in [-0.1, -0.05) is 42.4 Å². The Morgan fingerprint density at radius 1 is 1.39 bits per heavy atom. The summed E-state index contributed by atoms with van der Waals surface area (Å²) in [5, 5.41) is 6.53. The molecule has 0 saturated heterocycles. The minimum absolute atomic E-state index is 0.199. The second kappa shape index (κ2) is 5.49. The number of hydrogen-bond donors (Lipinski definition) is 1. The summed E-state index contributed by atoms with van der Waals surface area (Å²) < 4.78 is 4.87. The summed E-state index contributed by atoms with van der Waals surface area (Å²) in [7, 11) is 0. The fourth-order valence-corrected chi connectivity index (χ4v) is 1.71. The van der Waals surface area contributed by atoms with Gasteiger partial charge >= 0.3 is 0 Å². The maximum Gasteiger partial charge on any atom is 0.273 e. The van der Waals surface area contributed by atoms with E-state index in [2.05, 4.69) is 29.5 Å². The molecule has 1 aromatic carbocycles. The standard InChI is InChI=1S/C14H16N2O2/c1-10(12-6-4-3-5-7-12)9-15-14(17)13-8-11(2)18-16-13/h3-8,10H,9H2,1-2H3,(H,15,17)/t10-/m1/s1. The molecule has 0 radical (unpaired) electrons. The minimum Gasteiger partial charge on any atom is -0.361 e. The number of carbonyl (C=O) groups excluding carboxylic acids is 1. The Kier molecular flexibility index (Phi) is 3.77. The molecular formula is C14H16N2O2. The molecule has 1 heterocycles. The highest BCUT2D eigenvalue weighted by molar-refractivity contribution is 5.92. The molecule has 18 heavy (non-hydrogen) atoms. The molecule has 0 aliphatic rings. The van der Waals surface area contributed by atoms with Crippen LogP contribution in [-0.4, -0.2) is 17.6 Å². The lowest BCUT2D eigenvalue weighted by molar-refractivity contribution is 0.0942. The van der Waals surface area contributed by atoms with Crippen LogP contribution in [0.3, 0.4) is 0 Å². The Balaban J connectivity index is 1.90. The molecule has 0 aliphatic heterocycles. The van der Waals surface area contributed by atoms with Crippen LogP contribution in [0.1, 0.15) is 34.7 Å². The minimum atomic E-state index is -0.199. The van der Waals surface area contributed by atoms with Crippen LogP contribution in [0.2, 0.25) is 0 Å². The Bertz CT molecular complexity index is 520. The van der Waals surface area contributed by atoms with Gasteiger partial charge < -0.3 is 9.84 Å². The van der Waals surface area contributed by atoms with E-state index in [0.717, 1.165) is 0 Å². The van der Waals surface area contributed by atoms with Crippen molar-refractivity contribution in [1.82, 2.24) is 10.5 Å². The molecular weight excluding hydrogens is 228 g/mol. The van der Waals surface area contributed by atoms with Gasteiger partial charge in [-0.2, -0.15) is 0 Å². The number of rotatable bonds is 4. The summed E-state index contributed by atoms with van der Waals surface area (Å²) in [5.74, 6) is 0.703. The molecule has 0 saturated carbocycles. The fraction of sp³-hybridized carbons (Fsp3) is 0.286. The average Bonchev–Trinajstić information content (AvgIpc) is 2.83. The number of nitrogens with zero attached hydrogens (tertiary/aromatic N) is 1. The van der Waals surface area contributed by atoms with Crippen molar-refractivity contribution in [3.63, 3.8) is 0 Å². The van der Waals surface area contributed by atoms with E-state index in [1.54, 1.807) is 13.0 Å². The van der Waals surface area contributed by atoms with E-state index < -0.39 is 0 Å². The van der Waals surface area contributed by atoms with Crippen LogP contribution in [0.4, 0.5) is 0 Å². The monoisotopic (exact) mass is 244 g/mol. The van der Waals surface area contributed by atoms with Crippen molar-refractivity contribution in [2.45, 2.75) is 19.8 Å². The average molecular weight is 244 g/mol. The highest BCUT2D eigenvalue weighted by atomic mass is 16.5. The summed E-state index contributed by atoms with van der Waals surface area (Å²) in [6.07, 6.45) is 0. The number of carbonyl (C=O) groups is 1. The second-order valence-corrected chi connectivity index (χ2v) is 4.34. The van der Waals surface area contributed by atoms with Gasteiger partial charge in [-0.05, 0) is 18.4 Å². The molecule has 4 heteroatoms. The Labute approximate surface area is 106 Å². The van der Waals surface area contributed by atoms with Gasteiger partial charge in [-0.15, -0.1) is 0 Å². The highest BCUT2D eigenvalue weighted by Crippen LogP contribution is 2.13. The zero-order valence-corrected chi connectivity index (χ0v) is 10.5. The van der Waals surface area contributed by atoms with Gasteiger partial charge in [0.15, 0.2) is 5.69 Å². The maximum atomic E-state index is 11.8. The van der Waals surface area contributed by atoms with Gasteiger partial charge in [0.1, 0.15) is 5.76 Å². The van der Waals surface area contributed by atoms with Crippen molar-refractivity contribution in [3.05, 3.63) is 53.4 Å². The first-order valence-corrected chi connectivity index (χ1v) is 5.93. The largest absolute Gasteiger partial charge is 0.361 e. The quantitative estimate of drug-likeness (QED) is 0.899. The third-order valence-corrected chi connectivity index (χ3v) is 2.80. The predicted molar refractivity (Wildman–Crippen MR) is 68.4 cm³/mol. The number of hydrogen-bond acceptors (Lipinski definition) is 3. The third-order valence-electron chi connectivity index (χ3n) is 2.80. The maximum absolute atomic E-state index is 11.8. The van der Waals surface area contributed by atoms with Crippen molar-refractivity contribution in [2.24, 2.45) is 0 Å². The smallest absolute Gasteiger partial charge is 0.273 e. The van der Waals surface area contributed by atoms with Crippen molar-refractivity contribution in [2.75, 3.05) is 6.54 Å². The lowest BCUT2D eigenvalue weighted by Crippen LogP contribution is -2.27. The van der Waals surface area contributed by atoms with E-state index in [4.69, 9.17) is 4.52 Å². The third kappa shape index (κ3) is 2.97. The van der Waals surface area contributed by atoms with Gasteiger partial charge in [0.2, 0.25) is 0 Å². The molecule has 0 aliphatic carbocycles. The summed E-state index contributed by atoms with van der Waals surface area (Å²) in [4.78, 5) is 11.8. The van der Waals surface area contributed by atoms with Gasteiger partial charge in [0, 0.05) is 12.6 Å². The lowest BCUT2D eigenvalue weighted by atomic mass is 10.0. The summed E-state index contributed by atoms with van der Waals surface area (Å²) in [6, 6.07) is 11.7. The Morgan fingerprint density at radius 3 is 2.72 bits per heavy atom. The number of aryl methyl sites for hydroxylation is 1. The molecule has 0 spiro atoms. The van der Waals surface area contributed by atoms with Crippen molar-refractivity contribution >= 4 is 5.91 Å². The molecule has 2 rings (SSSR count). The summed E-state index contributed by atoms with van der Waals surface area (Å²) in [6.45, 7) is 4.41. The van der Waals surface area contributed by atoms with Crippen molar-refractivity contribution in [1.29, 1.82) is 0 Å². The van der Waals surface area contributed by atoms with Crippen LogP contribution in [0.25, 0.3) is 0 Å². The van der Waals surface area contributed by atoms with Crippen LogP contribution >= 0.6 is 0 Å². The van der Waals surface area contributed by atoms with E-state index in [9.17, 15) is 4.79 Å². The molecule has 0 bridgehead atoms. The van der Waals surface area contributed by atoms with E-state index >= 15 is 0 Å². The zero-order valence-electron chi connectivity index (χ0n) is 10.5. The van der Waals surface area contributed by atoms with Crippen LogP contribution in [0.5, 0.6) is 0 Å². The van der Waals surface area contributed by atoms with Gasteiger partial charge in [0.25, 0.3) is 5.91 Å². The Morgan fingerprint density at radius 2 is 2.11 bits per heavy atom. The lowest BCUT2D eigenvalue weighted by Gasteiger charge is -2.12. The molecule has 2 aromatic rings. The number of amides is 1. The molecule has 1 N–H and O–H groups in total. The molecule has 1 atom stereocenters. The van der Waals surface area contributed by atoms with Gasteiger partial charge in [0.05, 0.1) is 0 Å². The SMILES string of the molecule is Cc1cc(C(=O)NC[C@@H](C)c2ccccc2)no1. The van der Waals surface area contributed by atoms with Gasteiger partial charge in [-0.3, -0.25) is 4.79 Å². The van der Waals surface area contributed by atoms with E-state index in [-0.39, 0.29) is 11.8 Å². The van der Waals surface area contributed by atoms with Crippen LogP contribution in [0.15, 0.2) is 40.9 Å². The molecule has 94 valence electrons. The highest BCUT2D eigenvalue weighted by Gasteiger charge is 2.12. The number of aromatic nitrogens is 1. The topological polar surface area (TPSA) is 55.1 Å². The predicted octanol–water partition coefficient (Wildman–Crippen LogP) is 2.52. The van der Waals surface area contributed by atoms with Crippen molar-refractivity contribution in [3.8, 4) is 0 Å². The molecule has 1 amide bonds. The summed E-state index contributed by atoms with van der Waals surface area (Å²) >= 11 is 0. The first kappa shape index (κ1) is 12.4. The molecule has 0 fully saturated rings. The van der Waals surface area contributed by atoms with Crippen LogP contribution in [0, 0.1) is 6.92 Å². The number of benzene rings is 1. The zero-order chi connectivity index (χ0) is 13.0. The van der Waals surface area contributed by atoms with Gasteiger partial charge in [-0.25, -0.2) is 0 Å². The van der Waals surface area contributed by atoms with E-state index in [0.29, 0.717) is 18.0 Å². The van der Waals surface area contributed by atoms with Crippen molar-refractivity contribution < 1.29 is 9.32 Å². The van der Waals surface area contributed by atoms with E-state index in [1.807, 2.05) is 18.2 Å². The first-order valence-electron chi connectivity index (χ1n) is 5.93. The van der Waals surface area contributed by atoms with E-state index in [1.165, 1.54) is 5.56 Å². The second-order valence-electron chi connectivity index (χ2n) is 4.34. The fourth-order valence-electron chi connectivity index (χ4n) is 1.71. The van der Waals surface area contributed by atoms with Crippen LogP contribution in [-0.2, 0) is 0 Å². The normalized spacial score (nSPS) is 12.1. The molecule has 0 unspecified atom stereocenters. The van der Waals surface area contributed by atoms with Crippen LogP contribution < -0.4 is 5.32 Å². The Hall–Kier alpha value is -2.10. The number of nitrogens with one attached hydrogen (secondary N) is 1. The molecule has 4 nitrogen and oxygen atoms in total. The molecule has 1 aromatic heterocycles. The first-order chi connectivity index (χ1) is 8.66.